The first kappa shape index (κ1) is 25.3. The van der Waals surface area contributed by atoms with Crippen molar-refractivity contribution in [2.45, 2.75) is 44.0 Å². The van der Waals surface area contributed by atoms with Crippen molar-refractivity contribution < 1.29 is 22.8 Å². The molecule has 3 heterocycles. The molecule has 1 saturated heterocycles. The van der Waals surface area contributed by atoms with E-state index >= 15 is 0 Å². The zero-order valence-electron chi connectivity index (χ0n) is 19.7. The van der Waals surface area contributed by atoms with Crippen LogP contribution in [0.1, 0.15) is 57.3 Å². The zero-order chi connectivity index (χ0) is 25.2. The Morgan fingerprint density at radius 3 is 2.29 bits per heavy atom. The molecule has 10 nitrogen and oxygen atoms in total. The Kier molecular flexibility index (Phi) is 7.55. The summed E-state index contributed by atoms with van der Waals surface area (Å²) in [5.41, 5.74) is 6.15. The third-order valence-electron chi connectivity index (χ3n) is 6.12. The van der Waals surface area contributed by atoms with Gasteiger partial charge in [-0.05, 0) is 56.1 Å². The first-order valence-electron chi connectivity index (χ1n) is 11.5. The summed E-state index contributed by atoms with van der Waals surface area (Å²) in [6.07, 6.45) is 3.36. The third-order valence-corrected chi connectivity index (χ3v) is 9.17. The van der Waals surface area contributed by atoms with Gasteiger partial charge < -0.3 is 10.2 Å². The summed E-state index contributed by atoms with van der Waals surface area (Å²) < 4.78 is 27.2. The molecule has 0 atom stereocenters. The number of hydrogen-bond donors (Lipinski definition) is 3. The third kappa shape index (κ3) is 5.56. The van der Waals surface area contributed by atoms with E-state index in [9.17, 15) is 22.8 Å². The van der Waals surface area contributed by atoms with Gasteiger partial charge in [0.25, 0.3) is 11.8 Å². The van der Waals surface area contributed by atoms with Gasteiger partial charge in [0.05, 0.1) is 10.5 Å². The number of hydrazine groups is 1. The SMILES string of the molecule is CC(=O)NNC(=O)c1c(NC(=O)c2ccc(S(=O)(=O)N3CCCCC3)cc2)sc2c1CCN(C)C2. The summed E-state index contributed by atoms with van der Waals surface area (Å²) in [7, 11) is -1.61. The lowest BCUT2D eigenvalue weighted by Gasteiger charge is -2.25. The maximum atomic E-state index is 13.0. The van der Waals surface area contributed by atoms with Crippen LogP contribution in [0.2, 0.25) is 0 Å². The number of nitrogens with zero attached hydrogens (tertiary/aromatic N) is 2. The van der Waals surface area contributed by atoms with E-state index in [1.54, 1.807) is 0 Å². The van der Waals surface area contributed by atoms with E-state index < -0.39 is 27.7 Å². The molecule has 0 bridgehead atoms. The number of benzene rings is 1. The Morgan fingerprint density at radius 1 is 0.943 bits per heavy atom. The number of piperidine rings is 1. The van der Waals surface area contributed by atoms with E-state index in [0.29, 0.717) is 36.6 Å². The van der Waals surface area contributed by atoms with E-state index in [0.717, 1.165) is 36.2 Å². The van der Waals surface area contributed by atoms with Crippen molar-refractivity contribution >= 4 is 44.1 Å². The van der Waals surface area contributed by atoms with Gasteiger partial charge >= 0.3 is 0 Å². The molecule has 0 saturated carbocycles. The minimum absolute atomic E-state index is 0.154. The van der Waals surface area contributed by atoms with Crippen LogP contribution >= 0.6 is 11.3 Å². The molecule has 1 aromatic carbocycles. The molecular weight excluding hydrogens is 490 g/mol. The number of carbonyl (C=O) groups excluding carboxylic acids is 3. The molecule has 0 spiro atoms. The van der Waals surface area contributed by atoms with Gasteiger partial charge in [0, 0.05) is 43.5 Å². The van der Waals surface area contributed by atoms with Crippen LogP contribution in [0.15, 0.2) is 29.2 Å². The number of carbonyl (C=O) groups is 3. The van der Waals surface area contributed by atoms with Crippen LogP contribution in [0, 0.1) is 0 Å². The Labute approximate surface area is 208 Å². The molecule has 2 aromatic rings. The highest BCUT2D eigenvalue weighted by Gasteiger charge is 2.29. The molecule has 4 rings (SSSR count). The lowest BCUT2D eigenvalue weighted by atomic mass is 10.0. The number of amides is 3. The fraction of sp³-hybridized carbons (Fsp3) is 0.435. The zero-order valence-corrected chi connectivity index (χ0v) is 21.4. The molecule has 12 heteroatoms. The Bertz CT molecular complexity index is 1230. The smallest absolute Gasteiger partial charge is 0.272 e. The van der Waals surface area contributed by atoms with E-state index in [-0.39, 0.29) is 10.5 Å². The van der Waals surface area contributed by atoms with Crippen molar-refractivity contribution in [3.63, 3.8) is 0 Å². The second-order valence-corrected chi connectivity index (χ2v) is 11.8. The van der Waals surface area contributed by atoms with Crippen LogP contribution in [0.3, 0.4) is 0 Å². The minimum atomic E-state index is -3.59. The van der Waals surface area contributed by atoms with Gasteiger partial charge in [0.15, 0.2) is 0 Å². The number of hydrogen-bond acceptors (Lipinski definition) is 7. The molecule has 0 radical (unpaired) electrons. The monoisotopic (exact) mass is 519 g/mol. The minimum Gasteiger partial charge on any atom is -0.313 e. The van der Waals surface area contributed by atoms with Gasteiger partial charge in [-0.3, -0.25) is 25.2 Å². The summed E-state index contributed by atoms with van der Waals surface area (Å²) in [5, 5.41) is 3.21. The first-order valence-corrected chi connectivity index (χ1v) is 13.7. The number of anilines is 1. The van der Waals surface area contributed by atoms with E-state index in [1.165, 1.54) is 46.8 Å². The van der Waals surface area contributed by atoms with Gasteiger partial charge in [-0.1, -0.05) is 6.42 Å². The average molecular weight is 520 g/mol. The van der Waals surface area contributed by atoms with Crippen molar-refractivity contribution in [2.24, 2.45) is 0 Å². The maximum absolute atomic E-state index is 13.0. The number of fused-ring (bicyclic) bond motifs is 1. The normalized spacial score (nSPS) is 16.9. The summed E-state index contributed by atoms with van der Waals surface area (Å²) >= 11 is 1.33. The standard InChI is InChI=1S/C23H29N5O5S2/c1-15(29)25-26-22(31)20-18-10-13-27(2)14-19(18)34-23(20)24-21(30)16-6-8-17(9-7-16)35(32,33)28-11-4-3-5-12-28/h6-9H,3-5,10-14H2,1-2H3,(H,24,30)(H,25,29)(H,26,31). The molecule has 35 heavy (non-hydrogen) atoms. The summed E-state index contributed by atoms with van der Waals surface area (Å²) in [6.45, 7) is 3.72. The highest BCUT2D eigenvalue weighted by atomic mass is 32.2. The molecule has 3 N–H and O–H groups in total. The molecule has 0 unspecified atom stereocenters. The fourth-order valence-electron chi connectivity index (χ4n) is 4.27. The van der Waals surface area contributed by atoms with Gasteiger partial charge in [0.2, 0.25) is 15.9 Å². The molecule has 1 fully saturated rings. The first-order chi connectivity index (χ1) is 16.7. The number of likely N-dealkylation sites (N-methyl/N-ethyl adjacent to an activating group) is 1. The van der Waals surface area contributed by atoms with Gasteiger partial charge in [-0.15, -0.1) is 11.3 Å². The molecule has 2 aliphatic heterocycles. The summed E-state index contributed by atoms with van der Waals surface area (Å²) in [6, 6.07) is 5.84. The molecule has 188 valence electrons. The highest BCUT2D eigenvalue weighted by Crippen LogP contribution is 2.37. The van der Waals surface area contributed by atoms with Crippen molar-refractivity contribution in [1.29, 1.82) is 0 Å². The maximum Gasteiger partial charge on any atom is 0.272 e. The second kappa shape index (κ2) is 10.4. The lowest BCUT2D eigenvalue weighted by Crippen LogP contribution is -2.41. The molecule has 2 aliphatic rings. The Hall–Kier alpha value is -2.80. The quantitative estimate of drug-likeness (QED) is 0.518. The highest BCUT2D eigenvalue weighted by molar-refractivity contribution is 7.89. The molecule has 1 aromatic heterocycles. The number of sulfonamides is 1. The van der Waals surface area contributed by atoms with Crippen molar-refractivity contribution in [1.82, 2.24) is 20.1 Å². The summed E-state index contributed by atoms with van der Waals surface area (Å²) in [4.78, 5) is 40.4. The second-order valence-electron chi connectivity index (χ2n) is 8.77. The largest absolute Gasteiger partial charge is 0.313 e. The number of rotatable bonds is 5. The number of thiophene rings is 1. The fourth-order valence-corrected chi connectivity index (χ4v) is 7.11. The van der Waals surface area contributed by atoms with Crippen molar-refractivity contribution in [3.05, 3.63) is 45.8 Å². The van der Waals surface area contributed by atoms with E-state index in [1.807, 2.05) is 7.05 Å². The number of nitrogens with one attached hydrogen (secondary N) is 3. The van der Waals surface area contributed by atoms with Crippen LogP contribution in [0.5, 0.6) is 0 Å². The topological polar surface area (TPSA) is 128 Å². The molecule has 3 amide bonds. The van der Waals surface area contributed by atoms with Crippen LogP contribution in [0.25, 0.3) is 0 Å². The predicted molar refractivity (Wildman–Crippen MR) is 133 cm³/mol. The molecular formula is C23H29N5O5S2. The van der Waals surface area contributed by atoms with Crippen molar-refractivity contribution in [3.8, 4) is 0 Å². The van der Waals surface area contributed by atoms with Gasteiger partial charge in [-0.2, -0.15) is 4.31 Å². The average Bonchev–Trinajstić information content (AvgIpc) is 3.19. The van der Waals surface area contributed by atoms with Gasteiger partial charge in [0.1, 0.15) is 5.00 Å². The van der Waals surface area contributed by atoms with E-state index in [2.05, 4.69) is 21.1 Å². The van der Waals surface area contributed by atoms with E-state index in [4.69, 9.17) is 0 Å². The lowest BCUT2D eigenvalue weighted by molar-refractivity contribution is -0.119. The van der Waals surface area contributed by atoms with Crippen LogP contribution < -0.4 is 16.2 Å². The predicted octanol–water partition coefficient (Wildman–Crippen LogP) is 1.94. The van der Waals surface area contributed by atoms with Crippen LogP contribution in [-0.2, 0) is 27.8 Å². The van der Waals surface area contributed by atoms with Crippen LogP contribution in [0.4, 0.5) is 5.00 Å². The Morgan fingerprint density at radius 2 is 1.63 bits per heavy atom. The van der Waals surface area contributed by atoms with Crippen molar-refractivity contribution in [2.75, 3.05) is 32.0 Å². The Balaban J connectivity index is 1.55. The van der Waals surface area contributed by atoms with Crippen LogP contribution in [-0.4, -0.2) is 62.0 Å². The van der Waals surface area contributed by atoms with Gasteiger partial charge in [-0.25, -0.2) is 8.42 Å². The summed E-state index contributed by atoms with van der Waals surface area (Å²) in [5.74, 6) is -1.36. The molecule has 0 aliphatic carbocycles.